The van der Waals surface area contributed by atoms with Gasteiger partial charge in [0.1, 0.15) is 11.9 Å². The van der Waals surface area contributed by atoms with Crippen molar-refractivity contribution in [3.8, 4) is 6.07 Å². The average molecular weight is 366 g/mol. The number of rotatable bonds is 6. The van der Waals surface area contributed by atoms with Gasteiger partial charge in [-0.25, -0.2) is 4.98 Å². The number of non-ortho nitro benzene ring substituents is 1. The van der Waals surface area contributed by atoms with Crippen molar-refractivity contribution in [3.05, 3.63) is 58.3 Å². The van der Waals surface area contributed by atoms with E-state index in [4.69, 9.17) is 0 Å². The number of nitrogens with zero attached hydrogens (tertiary/aromatic N) is 5. The Morgan fingerprint density at radius 3 is 2.70 bits per heavy atom. The summed E-state index contributed by atoms with van der Waals surface area (Å²) in [6.45, 7) is 6.60. The minimum absolute atomic E-state index is 0.0737. The summed E-state index contributed by atoms with van der Waals surface area (Å²) in [4.78, 5) is 19.4. The molecule has 1 unspecified atom stereocenters. The van der Waals surface area contributed by atoms with Crippen molar-refractivity contribution in [2.45, 2.75) is 13.0 Å². The van der Waals surface area contributed by atoms with Crippen LogP contribution in [0.1, 0.15) is 12.5 Å². The van der Waals surface area contributed by atoms with Crippen molar-refractivity contribution in [1.82, 2.24) is 9.88 Å². The third-order valence-corrected chi connectivity index (χ3v) is 4.61. The Morgan fingerprint density at radius 1 is 1.30 bits per heavy atom. The molecular formula is C19H22N6O2. The number of anilines is 2. The zero-order chi connectivity index (χ0) is 19.2. The third-order valence-electron chi connectivity index (χ3n) is 4.61. The number of hydrogen-bond donors (Lipinski definition) is 1. The molecule has 1 atom stereocenters. The van der Waals surface area contributed by atoms with Crippen LogP contribution in [0.25, 0.3) is 0 Å². The van der Waals surface area contributed by atoms with Gasteiger partial charge in [0.05, 0.1) is 16.2 Å². The summed E-state index contributed by atoms with van der Waals surface area (Å²) in [5.74, 6) is 1.01. The number of nitro groups is 1. The Balaban J connectivity index is 1.54. The van der Waals surface area contributed by atoms with Crippen molar-refractivity contribution in [2.24, 2.45) is 0 Å². The normalized spacial score (nSPS) is 15.8. The van der Waals surface area contributed by atoms with Gasteiger partial charge in [-0.2, -0.15) is 5.26 Å². The molecule has 1 aromatic carbocycles. The average Bonchev–Trinajstić information content (AvgIpc) is 2.69. The van der Waals surface area contributed by atoms with E-state index in [-0.39, 0.29) is 17.3 Å². The van der Waals surface area contributed by atoms with Crippen LogP contribution in [0.3, 0.4) is 0 Å². The smallest absolute Gasteiger partial charge is 0.270 e. The molecule has 1 aliphatic rings. The second-order valence-electron chi connectivity index (χ2n) is 6.62. The molecule has 1 saturated heterocycles. The van der Waals surface area contributed by atoms with E-state index in [1.54, 1.807) is 6.07 Å². The largest absolute Gasteiger partial charge is 0.380 e. The van der Waals surface area contributed by atoms with Crippen molar-refractivity contribution >= 4 is 17.2 Å². The van der Waals surface area contributed by atoms with Crippen molar-refractivity contribution in [1.29, 1.82) is 5.26 Å². The molecule has 1 N–H and O–H groups in total. The summed E-state index contributed by atoms with van der Waals surface area (Å²) in [5.41, 5.74) is 0.842. The zero-order valence-electron chi connectivity index (χ0n) is 15.2. The lowest BCUT2D eigenvalue weighted by atomic mass is 10.1. The van der Waals surface area contributed by atoms with Gasteiger partial charge in [0.15, 0.2) is 0 Å². The fraction of sp³-hybridized carbons (Fsp3) is 0.368. The van der Waals surface area contributed by atoms with Gasteiger partial charge >= 0.3 is 0 Å². The molecule has 0 aliphatic carbocycles. The maximum absolute atomic E-state index is 10.9. The van der Waals surface area contributed by atoms with E-state index in [0.29, 0.717) is 5.69 Å². The standard InChI is InChI=1S/C19H22N6O2/c1-15(22-18-6-5-17(25(26)27)12-16(18)13-20)14-23-8-10-24(11-9-23)19-4-2-3-7-21-19/h2-7,12,15,22H,8-11,14H2,1H3. The quantitative estimate of drug-likeness (QED) is 0.619. The van der Waals surface area contributed by atoms with Crippen LogP contribution in [0.15, 0.2) is 42.6 Å². The first-order chi connectivity index (χ1) is 13.1. The second kappa shape index (κ2) is 8.47. The fourth-order valence-electron chi connectivity index (χ4n) is 3.26. The Kier molecular flexibility index (Phi) is 5.84. The number of pyridine rings is 1. The number of aromatic nitrogens is 1. The fourth-order valence-corrected chi connectivity index (χ4v) is 3.26. The molecule has 2 aromatic rings. The van der Waals surface area contributed by atoms with Gasteiger partial charge in [0, 0.05) is 57.1 Å². The molecule has 0 amide bonds. The van der Waals surface area contributed by atoms with Crippen LogP contribution < -0.4 is 10.2 Å². The maximum atomic E-state index is 10.9. The van der Waals surface area contributed by atoms with Gasteiger partial charge in [-0.15, -0.1) is 0 Å². The Morgan fingerprint density at radius 2 is 2.07 bits per heavy atom. The van der Waals surface area contributed by atoms with E-state index in [2.05, 4.69) is 20.1 Å². The van der Waals surface area contributed by atoms with E-state index in [1.165, 1.54) is 12.1 Å². The summed E-state index contributed by atoms with van der Waals surface area (Å²) < 4.78 is 0. The Labute approximate surface area is 158 Å². The number of nitro benzene ring substituents is 1. The minimum Gasteiger partial charge on any atom is -0.380 e. The number of hydrogen-bond acceptors (Lipinski definition) is 7. The molecule has 0 radical (unpaired) electrons. The van der Waals surface area contributed by atoms with Gasteiger partial charge in [-0.1, -0.05) is 6.07 Å². The first kappa shape index (κ1) is 18.6. The summed E-state index contributed by atoms with van der Waals surface area (Å²) in [6.07, 6.45) is 1.81. The van der Waals surface area contributed by atoms with Crippen LogP contribution in [-0.2, 0) is 0 Å². The van der Waals surface area contributed by atoms with Gasteiger partial charge in [-0.3, -0.25) is 15.0 Å². The molecule has 1 fully saturated rings. The van der Waals surface area contributed by atoms with Crippen molar-refractivity contribution in [3.63, 3.8) is 0 Å². The molecule has 8 heteroatoms. The van der Waals surface area contributed by atoms with Gasteiger partial charge in [0.2, 0.25) is 0 Å². The lowest BCUT2D eigenvalue weighted by Gasteiger charge is -2.36. The first-order valence-corrected chi connectivity index (χ1v) is 8.90. The molecule has 2 heterocycles. The lowest BCUT2D eigenvalue weighted by Crippen LogP contribution is -2.49. The Hall–Kier alpha value is -3.18. The number of nitrogens with one attached hydrogen (secondary N) is 1. The van der Waals surface area contributed by atoms with E-state index >= 15 is 0 Å². The second-order valence-corrected chi connectivity index (χ2v) is 6.62. The zero-order valence-corrected chi connectivity index (χ0v) is 15.2. The van der Waals surface area contributed by atoms with Gasteiger partial charge in [-0.05, 0) is 25.1 Å². The summed E-state index contributed by atoms with van der Waals surface area (Å²) in [6, 6.07) is 12.4. The molecule has 1 aliphatic heterocycles. The van der Waals surface area contributed by atoms with Crippen LogP contribution in [0.2, 0.25) is 0 Å². The van der Waals surface area contributed by atoms with Crippen molar-refractivity contribution < 1.29 is 4.92 Å². The third kappa shape index (κ3) is 4.71. The predicted octanol–water partition coefficient (Wildman–Crippen LogP) is 2.48. The molecule has 140 valence electrons. The molecule has 3 rings (SSSR count). The SMILES string of the molecule is CC(CN1CCN(c2ccccn2)CC1)Nc1ccc([N+](=O)[O-])cc1C#N. The number of nitriles is 1. The highest BCUT2D eigenvalue weighted by Crippen LogP contribution is 2.22. The summed E-state index contributed by atoms with van der Waals surface area (Å²) in [5, 5.41) is 23.4. The van der Waals surface area contributed by atoms with E-state index in [9.17, 15) is 15.4 Å². The Bertz CT molecular complexity index is 828. The monoisotopic (exact) mass is 366 g/mol. The lowest BCUT2D eigenvalue weighted by molar-refractivity contribution is -0.384. The van der Waals surface area contributed by atoms with Gasteiger partial charge in [0.25, 0.3) is 5.69 Å². The topological polar surface area (TPSA) is 98.3 Å². The van der Waals surface area contributed by atoms with E-state index < -0.39 is 4.92 Å². The number of piperazine rings is 1. The summed E-state index contributed by atoms with van der Waals surface area (Å²) in [7, 11) is 0. The van der Waals surface area contributed by atoms with Crippen LogP contribution in [0.4, 0.5) is 17.2 Å². The maximum Gasteiger partial charge on any atom is 0.270 e. The number of benzene rings is 1. The van der Waals surface area contributed by atoms with Crippen LogP contribution >= 0.6 is 0 Å². The van der Waals surface area contributed by atoms with E-state index in [0.717, 1.165) is 38.5 Å². The highest BCUT2D eigenvalue weighted by molar-refractivity contribution is 5.61. The van der Waals surface area contributed by atoms with Crippen molar-refractivity contribution in [2.75, 3.05) is 42.9 Å². The van der Waals surface area contributed by atoms with Crippen LogP contribution in [0, 0.1) is 21.4 Å². The highest BCUT2D eigenvalue weighted by Gasteiger charge is 2.20. The molecule has 0 saturated carbocycles. The molecule has 0 bridgehead atoms. The van der Waals surface area contributed by atoms with Crippen LogP contribution in [-0.4, -0.2) is 53.6 Å². The van der Waals surface area contributed by atoms with Crippen LogP contribution in [0.5, 0.6) is 0 Å². The predicted molar refractivity (Wildman–Crippen MR) is 104 cm³/mol. The van der Waals surface area contributed by atoms with E-state index in [1.807, 2.05) is 37.4 Å². The minimum atomic E-state index is -0.491. The molecule has 27 heavy (non-hydrogen) atoms. The van der Waals surface area contributed by atoms with Gasteiger partial charge < -0.3 is 10.2 Å². The molecule has 0 spiro atoms. The first-order valence-electron chi connectivity index (χ1n) is 8.90. The molecule has 8 nitrogen and oxygen atoms in total. The highest BCUT2D eigenvalue weighted by atomic mass is 16.6. The molecular weight excluding hydrogens is 344 g/mol. The summed E-state index contributed by atoms with van der Waals surface area (Å²) >= 11 is 0. The molecule has 1 aromatic heterocycles.